The Morgan fingerprint density at radius 3 is 2.05 bits per heavy atom. The number of allylic oxidation sites excluding steroid dienone is 1. The molecule has 1 aliphatic rings. The van der Waals surface area contributed by atoms with Crippen molar-refractivity contribution < 1.29 is 48.5 Å². The average molecular weight is 1030 g/mol. The van der Waals surface area contributed by atoms with E-state index in [0.717, 1.165) is 31.2 Å². The molecule has 74 heavy (non-hydrogen) atoms. The van der Waals surface area contributed by atoms with E-state index >= 15 is 0 Å². The van der Waals surface area contributed by atoms with Gasteiger partial charge in [-0.15, -0.1) is 4.73 Å². The highest BCUT2D eigenvalue weighted by atomic mass is 16.7. The summed E-state index contributed by atoms with van der Waals surface area (Å²) in [5.74, 6) is -2.44. The number of aromatic nitrogens is 1. The molecule has 1 aliphatic heterocycles. The van der Waals surface area contributed by atoms with Crippen LogP contribution in [-0.2, 0) is 39.9 Å². The quantitative estimate of drug-likeness (QED) is 0.0509. The van der Waals surface area contributed by atoms with Gasteiger partial charge < -0.3 is 39.6 Å². The minimum atomic E-state index is -0.850. The number of ether oxygens (including phenoxy) is 2. The van der Waals surface area contributed by atoms with E-state index in [4.69, 9.17) is 14.3 Å². The normalized spacial score (nSPS) is 17.2. The largest absolute Gasteiger partial charge is 0.492 e. The van der Waals surface area contributed by atoms with Gasteiger partial charge in [-0.1, -0.05) is 134 Å². The van der Waals surface area contributed by atoms with Gasteiger partial charge in [-0.25, -0.2) is 4.79 Å². The van der Waals surface area contributed by atoms with Crippen molar-refractivity contribution in [1.82, 2.24) is 24.7 Å². The minimum absolute atomic E-state index is 0.0259. The predicted molar refractivity (Wildman–Crippen MR) is 290 cm³/mol. The maximum absolute atomic E-state index is 14.7. The van der Waals surface area contributed by atoms with Crippen LogP contribution in [-0.4, -0.2) is 137 Å². The first kappa shape index (κ1) is 61.0. The molecule has 3 aromatic rings. The Hall–Kier alpha value is -5.51. The minimum Gasteiger partial charge on any atom is -0.492 e. The fourth-order valence-corrected chi connectivity index (χ4v) is 10.7. The summed E-state index contributed by atoms with van der Waals surface area (Å²) in [6, 6.07) is 21.0. The van der Waals surface area contributed by atoms with Crippen LogP contribution in [0.5, 0.6) is 11.8 Å². The van der Waals surface area contributed by atoms with Crippen molar-refractivity contribution in [3.8, 4) is 11.8 Å². The van der Waals surface area contributed by atoms with Crippen molar-refractivity contribution in [3.05, 3.63) is 90.0 Å². The Morgan fingerprint density at radius 2 is 1.46 bits per heavy atom. The third-order valence-corrected chi connectivity index (χ3v) is 15.0. The lowest BCUT2D eigenvalue weighted by Gasteiger charge is -2.41. The molecule has 0 spiro atoms. The van der Waals surface area contributed by atoms with Crippen molar-refractivity contribution in [2.75, 3.05) is 41.4 Å². The molecule has 15 nitrogen and oxygen atoms in total. The monoisotopic (exact) mass is 1030 g/mol. The molecule has 1 aromatic heterocycles. The summed E-state index contributed by atoms with van der Waals surface area (Å²) in [7, 11) is 6.81. The van der Waals surface area contributed by atoms with Crippen molar-refractivity contribution in [3.63, 3.8) is 0 Å². The molecule has 410 valence electrons. The second-order valence-electron chi connectivity index (χ2n) is 21.2. The summed E-state index contributed by atoms with van der Waals surface area (Å²) >= 11 is 0. The Kier molecular flexibility index (Phi) is 25.4. The van der Waals surface area contributed by atoms with Crippen LogP contribution in [0.2, 0.25) is 0 Å². The lowest BCUT2D eigenvalue weighted by Crippen LogP contribution is -2.60. The fraction of sp³-hybridized carbons (Fsp3) is 0.610. The average Bonchev–Trinajstić information content (AvgIpc) is 3.99. The van der Waals surface area contributed by atoms with Crippen LogP contribution >= 0.6 is 0 Å². The van der Waals surface area contributed by atoms with Crippen LogP contribution in [0.25, 0.3) is 6.08 Å². The highest BCUT2D eigenvalue weighted by Gasteiger charge is 2.43. The van der Waals surface area contributed by atoms with Crippen molar-refractivity contribution in [2.45, 2.75) is 162 Å². The maximum atomic E-state index is 14.7. The number of nitrogens with zero attached hydrogens (tertiary/aromatic N) is 4. The Bertz CT molecular complexity index is 2200. The van der Waals surface area contributed by atoms with E-state index < -0.39 is 42.2 Å². The summed E-state index contributed by atoms with van der Waals surface area (Å²) < 4.78 is 12.9. The van der Waals surface area contributed by atoms with Gasteiger partial charge >= 0.3 is 5.97 Å². The van der Waals surface area contributed by atoms with Gasteiger partial charge in [-0.3, -0.25) is 24.1 Å². The number of benzene rings is 2. The molecule has 0 bridgehead atoms. The number of hydrogen-bond acceptors (Lipinski definition) is 11. The van der Waals surface area contributed by atoms with Crippen molar-refractivity contribution in [1.29, 1.82) is 0 Å². The third kappa shape index (κ3) is 17.8. The van der Waals surface area contributed by atoms with Crippen LogP contribution in [0.4, 0.5) is 0 Å². The zero-order valence-electron chi connectivity index (χ0n) is 46.3. The standard InChI is InChI=1S/C59H89N5O10/c1-12-42(6)56(62(9)59(71)54(40(2)3)60-58(70)55(41(4)5)61(8)36-21-15-20-31-53(69)74-64-50(66)34-35-51(64)67)49(72-10)39-52(68)63-37-23-29-47(63)57(73-11)43(7)48(65)30-22-28-46(38-45-26-18-14-19-27-45)33-32-44-24-16-13-17-25-44/h13-14,16-19,24-27,32-35,40-43,46-47,49,54-57,66-67H,12,15,20-23,28-31,36-39H2,1-11H3,(H,60,70). The van der Waals surface area contributed by atoms with E-state index in [0.29, 0.717) is 56.3 Å². The molecule has 1 saturated heterocycles. The lowest BCUT2D eigenvalue weighted by molar-refractivity contribution is -0.148. The summed E-state index contributed by atoms with van der Waals surface area (Å²) in [6.45, 7) is 14.9. The van der Waals surface area contributed by atoms with Crippen molar-refractivity contribution >= 4 is 35.6 Å². The van der Waals surface area contributed by atoms with Gasteiger partial charge in [0.2, 0.25) is 29.5 Å². The highest BCUT2D eigenvalue weighted by Crippen LogP contribution is 2.31. The summed E-state index contributed by atoms with van der Waals surface area (Å²) in [5.41, 5.74) is 2.40. The maximum Gasteiger partial charge on any atom is 0.333 e. The zero-order valence-corrected chi connectivity index (χ0v) is 46.3. The van der Waals surface area contributed by atoms with Crippen LogP contribution in [0.3, 0.4) is 0 Å². The van der Waals surface area contributed by atoms with Crippen LogP contribution in [0.1, 0.15) is 130 Å². The number of aromatic hydroxyl groups is 2. The van der Waals surface area contributed by atoms with Gasteiger partial charge in [0.05, 0.1) is 36.8 Å². The second kappa shape index (κ2) is 30.8. The lowest BCUT2D eigenvalue weighted by atomic mass is 9.87. The molecule has 1 fully saturated rings. The van der Waals surface area contributed by atoms with Gasteiger partial charge in [0.15, 0.2) is 0 Å². The molecular formula is C59H89N5O10. The second-order valence-corrected chi connectivity index (χ2v) is 21.2. The Labute approximate surface area is 441 Å². The third-order valence-electron chi connectivity index (χ3n) is 15.0. The van der Waals surface area contributed by atoms with Crippen molar-refractivity contribution in [2.24, 2.45) is 29.6 Å². The van der Waals surface area contributed by atoms with Gasteiger partial charge in [0.1, 0.15) is 11.8 Å². The number of likely N-dealkylation sites (N-methyl/N-ethyl adjacent to an activating group) is 2. The van der Waals surface area contributed by atoms with E-state index in [1.54, 1.807) is 26.2 Å². The number of likely N-dealkylation sites (tertiary alicyclic amines) is 1. The first-order valence-corrected chi connectivity index (χ1v) is 27.1. The summed E-state index contributed by atoms with van der Waals surface area (Å²) in [6.07, 6.45) is 10.4. The molecule has 9 atom stereocenters. The molecule has 0 saturated carbocycles. The van der Waals surface area contributed by atoms with Gasteiger partial charge in [0.25, 0.3) is 0 Å². The molecule has 4 rings (SSSR count). The highest BCUT2D eigenvalue weighted by molar-refractivity contribution is 5.90. The first-order chi connectivity index (χ1) is 35.3. The molecule has 15 heteroatoms. The number of carbonyl (C=O) groups excluding carboxylic acids is 5. The number of carbonyl (C=O) groups is 5. The smallest absolute Gasteiger partial charge is 0.333 e. The number of rotatable bonds is 32. The Balaban J connectivity index is 1.37. The molecule has 0 aliphatic carbocycles. The summed E-state index contributed by atoms with van der Waals surface area (Å²) in [5, 5.41) is 22.6. The number of nitrogens with one attached hydrogen (secondary N) is 1. The number of Topliss-reactive ketones (excluding diaryl/α,β-unsaturated/α-hetero) is 1. The molecule has 9 unspecified atom stereocenters. The SMILES string of the molecule is CCC(C)C(C(CC(=O)N1CCCC1C(OC)C(C)C(=O)CCCC(C=Cc1ccccc1)Cc1ccccc1)OC)N(C)C(=O)C(NC(=O)C(C(C)C)N(C)CCCCCC(=O)On1c(O)ccc1O)C(C)C. The number of ketones is 1. The van der Waals surface area contributed by atoms with E-state index in [2.05, 4.69) is 60.8 Å². The number of unbranched alkanes of at least 4 members (excludes halogenated alkanes) is 2. The van der Waals surface area contributed by atoms with Crippen LogP contribution in [0, 0.1) is 29.6 Å². The van der Waals surface area contributed by atoms with Crippen LogP contribution < -0.4 is 10.2 Å². The predicted octanol–water partition coefficient (Wildman–Crippen LogP) is 8.74. The van der Waals surface area contributed by atoms with E-state index in [-0.39, 0.29) is 77.8 Å². The summed E-state index contributed by atoms with van der Waals surface area (Å²) in [4.78, 5) is 80.2. The molecule has 3 N–H and O–H groups in total. The molecule has 3 amide bonds. The molecule has 2 aromatic carbocycles. The number of methoxy groups -OCH3 is 2. The van der Waals surface area contributed by atoms with Crippen LogP contribution in [0.15, 0.2) is 78.9 Å². The number of amides is 3. The van der Waals surface area contributed by atoms with E-state index in [1.807, 2.05) is 82.7 Å². The Morgan fingerprint density at radius 1 is 0.811 bits per heavy atom. The number of hydrogen-bond donors (Lipinski definition) is 3. The zero-order chi connectivity index (χ0) is 54.5. The molecular weight excluding hydrogens is 939 g/mol. The van der Waals surface area contributed by atoms with Gasteiger partial charge in [-0.05, 0) is 93.3 Å². The first-order valence-electron chi connectivity index (χ1n) is 27.1. The fourth-order valence-electron chi connectivity index (χ4n) is 10.7. The van der Waals surface area contributed by atoms with E-state index in [1.165, 1.54) is 17.7 Å². The topological polar surface area (TPSA) is 180 Å². The van der Waals surface area contributed by atoms with Gasteiger partial charge in [-0.2, -0.15) is 0 Å². The molecule has 0 radical (unpaired) electrons. The van der Waals surface area contributed by atoms with Gasteiger partial charge in [0, 0.05) is 58.7 Å². The van der Waals surface area contributed by atoms with E-state index in [9.17, 15) is 34.2 Å². The molecule has 2 heterocycles.